The summed E-state index contributed by atoms with van der Waals surface area (Å²) in [5.41, 5.74) is 1.12. The third-order valence-corrected chi connectivity index (χ3v) is 3.36. The number of nitrogens with zero attached hydrogens (tertiary/aromatic N) is 3. The van der Waals surface area contributed by atoms with E-state index in [-0.39, 0.29) is 0 Å². The molecule has 0 aliphatic rings. The highest BCUT2D eigenvalue weighted by Gasteiger charge is 2.15. The molecule has 114 valence electrons. The quantitative estimate of drug-likeness (QED) is 0.666. The molecular formula is C15H28N4O. The molecule has 0 spiro atoms. The molecule has 1 heterocycles. The first-order valence-electron chi connectivity index (χ1n) is 7.50. The summed E-state index contributed by atoms with van der Waals surface area (Å²) in [5, 5.41) is 3.35. The molecule has 20 heavy (non-hydrogen) atoms. The van der Waals surface area contributed by atoms with Crippen molar-refractivity contribution in [3.63, 3.8) is 0 Å². The third-order valence-electron chi connectivity index (χ3n) is 3.36. The predicted octanol–water partition coefficient (Wildman–Crippen LogP) is 2.23. The second-order valence-corrected chi connectivity index (χ2v) is 5.01. The van der Waals surface area contributed by atoms with Gasteiger partial charge in [0.05, 0.1) is 6.61 Å². The number of anilines is 1. The second-order valence-electron chi connectivity index (χ2n) is 5.01. The average molecular weight is 280 g/mol. The molecular weight excluding hydrogens is 252 g/mol. The van der Waals surface area contributed by atoms with Crippen molar-refractivity contribution >= 4 is 5.95 Å². The third kappa shape index (κ3) is 5.43. The zero-order valence-corrected chi connectivity index (χ0v) is 13.2. The maximum Gasteiger partial charge on any atom is 0.225 e. The molecule has 0 bridgehead atoms. The van der Waals surface area contributed by atoms with E-state index in [4.69, 9.17) is 4.74 Å². The van der Waals surface area contributed by atoms with E-state index >= 15 is 0 Å². The smallest absolute Gasteiger partial charge is 0.225 e. The summed E-state index contributed by atoms with van der Waals surface area (Å²) in [6.45, 7) is 9.88. The molecule has 5 heteroatoms. The Labute approximate surface area is 122 Å². The zero-order chi connectivity index (χ0) is 14.8. The molecule has 0 amide bonds. The van der Waals surface area contributed by atoms with Crippen molar-refractivity contribution in [1.82, 2.24) is 15.3 Å². The van der Waals surface area contributed by atoms with Gasteiger partial charge in [-0.05, 0) is 26.3 Å². The number of hydrogen-bond acceptors (Lipinski definition) is 5. The first-order valence-corrected chi connectivity index (χ1v) is 7.50. The minimum Gasteiger partial charge on any atom is -0.383 e. The highest BCUT2D eigenvalue weighted by atomic mass is 16.5. The van der Waals surface area contributed by atoms with Gasteiger partial charge < -0.3 is 15.0 Å². The molecule has 0 saturated heterocycles. The van der Waals surface area contributed by atoms with Crippen molar-refractivity contribution in [3.05, 3.63) is 18.0 Å². The van der Waals surface area contributed by atoms with Crippen LogP contribution in [0.15, 0.2) is 12.4 Å². The summed E-state index contributed by atoms with van der Waals surface area (Å²) < 4.78 is 5.17. The van der Waals surface area contributed by atoms with Crippen molar-refractivity contribution in [3.8, 4) is 0 Å². The van der Waals surface area contributed by atoms with Crippen LogP contribution in [0.2, 0.25) is 0 Å². The minimum absolute atomic E-state index is 0.411. The van der Waals surface area contributed by atoms with Crippen molar-refractivity contribution < 1.29 is 4.74 Å². The molecule has 0 saturated carbocycles. The lowest BCUT2D eigenvalue weighted by Gasteiger charge is -2.28. The summed E-state index contributed by atoms with van der Waals surface area (Å²) in [6, 6.07) is 0.411. The first kappa shape index (κ1) is 16.9. The standard InChI is InChI=1S/C15H28N4O/c1-5-7-16-10-14-11-17-15(18-12-14)19(8-9-20-4)13(3)6-2/h11-13,16H,5-10H2,1-4H3. The molecule has 1 atom stereocenters. The van der Waals surface area contributed by atoms with E-state index in [2.05, 4.69) is 41.0 Å². The van der Waals surface area contributed by atoms with Crippen molar-refractivity contribution in [2.24, 2.45) is 0 Å². The van der Waals surface area contributed by atoms with Gasteiger partial charge in [-0.3, -0.25) is 0 Å². The maximum atomic E-state index is 5.17. The highest BCUT2D eigenvalue weighted by molar-refractivity contribution is 5.31. The summed E-state index contributed by atoms with van der Waals surface area (Å²) in [6.07, 6.45) is 6.02. The Bertz CT molecular complexity index is 355. The Balaban J connectivity index is 2.66. The van der Waals surface area contributed by atoms with Crippen LogP contribution in [0.25, 0.3) is 0 Å². The van der Waals surface area contributed by atoms with E-state index < -0.39 is 0 Å². The van der Waals surface area contributed by atoms with Crippen LogP contribution in [-0.4, -0.2) is 42.8 Å². The Morgan fingerprint density at radius 3 is 2.55 bits per heavy atom. The summed E-state index contributed by atoms with van der Waals surface area (Å²) in [7, 11) is 1.72. The van der Waals surface area contributed by atoms with Gasteiger partial charge in [-0.15, -0.1) is 0 Å². The summed E-state index contributed by atoms with van der Waals surface area (Å²) >= 11 is 0. The Morgan fingerprint density at radius 2 is 2.00 bits per heavy atom. The lowest BCUT2D eigenvalue weighted by molar-refractivity contribution is 0.203. The summed E-state index contributed by atoms with van der Waals surface area (Å²) in [4.78, 5) is 11.2. The lowest BCUT2D eigenvalue weighted by atomic mass is 10.2. The maximum absolute atomic E-state index is 5.17. The zero-order valence-electron chi connectivity index (χ0n) is 13.2. The molecule has 5 nitrogen and oxygen atoms in total. The Kier molecular flexibility index (Phi) is 8.14. The molecule has 0 radical (unpaired) electrons. The van der Waals surface area contributed by atoms with Gasteiger partial charge in [-0.2, -0.15) is 0 Å². The monoisotopic (exact) mass is 280 g/mol. The van der Waals surface area contributed by atoms with Crippen molar-refractivity contribution in [2.45, 2.75) is 46.2 Å². The molecule has 0 aromatic carbocycles. The fourth-order valence-corrected chi connectivity index (χ4v) is 1.92. The SMILES string of the molecule is CCCNCc1cnc(N(CCOC)C(C)CC)nc1. The molecule has 1 aromatic rings. The average Bonchev–Trinajstić information content (AvgIpc) is 2.49. The van der Waals surface area contributed by atoms with Crippen LogP contribution in [0.4, 0.5) is 5.95 Å². The molecule has 0 fully saturated rings. The van der Waals surface area contributed by atoms with Gasteiger partial charge in [0.25, 0.3) is 0 Å². The van der Waals surface area contributed by atoms with Crippen LogP contribution < -0.4 is 10.2 Å². The molecule has 0 aliphatic carbocycles. The van der Waals surface area contributed by atoms with Gasteiger partial charge in [0.1, 0.15) is 0 Å². The second kappa shape index (κ2) is 9.66. The van der Waals surface area contributed by atoms with Crippen LogP contribution in [0.3, 0.4) is 0 Å². The number of rotatable bonds is 10. The molecule has 1 rings (SSSR count). The summed E-state index contributed by atoms with van der Waals surface area (Å²) in [5.74, 6) is 0.788. The normalized spacial score (nSPS) is 12.4. The lowest BCUT2D eigenvalue weighted by Crippen LogP contribution is -2.36. The van der Waals surface area contributed by atoms with E-state index in [1.807, 2.05) is 12.4 Å². The van der Waals surface area contributed by atoms with E-state index in [0.29, 0.717) is 12.6 Å². The van der Waals surface area contributed by atoms with Crippen LogP contribution in [0.5, 0.6) is 0 Å². The molecule has 1 unspecified atom stereocenters. The molecule has 1 N–H and O–H groups in total. The van der Waals surface area contributed by atoms with Crippen LogP contribution >= 0.6 is 0 Å². The van der Waals surface area contributed by atoms with Crippen molar-refractivity contribution in [2.75, 3.05) is 31.7 Å². The van der Waals surface area contributed by atoms with Crippen LogP contribution in [0.1, 0.15) is 39.2 Å². The Hall–Kier alpha value is -1.20. The van der Waals surface area contributed by atoms with Gasteiger partial charge in [-0.25, -0.2) is 9.97 Å². The van der Waals surface area contributed by atoms with Gasteiger partial charge in [0, 0.05) is 44.2 Å². The largest absolute Gasteiger partial charge is 0.383 e. The highest BCUT2D eigenvalue weighted by Crippen LogP contribution is 2.13. The fraction of sp³-hybridized carbons (Fsp3) is 0.733. The number of nitrogens with one attached hydrogen (secondary N) is 1. The van der Waals surface area contributed by atoms with E-state index in [1.165, 1.54) is 0 Å². The van der Waals surface area contributed by atoms with E-state index in [9.17, 15) is 0 Å². The molecule has 1 aromatic heterocycles. The van der Waals surface area contributed by atoms with E-state index in [0.717, 1.165) is 44.0 Å². The van der Waals surface area contributed by atoms with E-state index in [1.54, 1.807) is 7.11 Å². The van der Waals surface area contributed by atoms with Gasteiger partial charge in [-0.1, -0.05) is 13.8 Å². The van der Waals surface area contributed by atoms with Crippen molar-refractivity contribution in [1.29, 1.82) is 0 Å². The van der Waals surface area contributed by atoms with Gasteiger partial charge in [0.15, 0.2) is 0 Å². The van der Waals surface area contributed by atoms with Crippen LogP contribution in [-0.2, 0) is 11.3 Å². The number of hydrogen-bond donors (Lipinski definition) is 1. The number of ether oxygens (including phenoxy) is 1. The topological polar surface area (TPSA) is 50.3 Å². The Morgan fingerprint density at radius 1 is 1.30 bits per heavy atom. The molecule has 0 aliphatic heterocycles. The van der Waals surface area contributed by atoms with Crippen LogP contribution in [0, 0.1) is 0 Å². The fourth-order valence-electron chi connectivity index (χ4n) is 1.92. The number of methoxy groups -OCH3 is 1. The minimum atomic E-state index is 0.411. The van der Waals surface area contributed by atoms with Gasteiger partial charge in [0.2, 0.25) is 5.95 Å². The first-order chi connectivity index (χ1) is 9.72. The number of aromatic nitrogens is 2. The van der Waals surface area contributed by atoms with Gasteiger partial charge >= 0.3 is 0 Å². The predicted molar refractivity (Wildman–Crippen MR) is 83.0 cm³/mol.